The Morgan fingerprint density at radius 3 is 2.67 bits per heavy atom. The molecular weight excluding hydrogens is 234 g/mol. The molecule has 18 heavy (non-hydrogen) atoms. The minimum absolute atomic E-state index is 0.00888. The molecule has 0 aliphatic carbocycles. The molecule has 0 unspecified atom stereocenters. The molecule has 1 aliphatic rings. The molecule has 2 rings (SSSR count). The lowest BCUT2D eigenvalue weighted by atomic mass is 9.94. The number of piperidine rings is 1. The van der Waals surface area contributed by atoms with Crippen molar-refractivity contribution in [3.63, 3.8) is 0 Å². The Kier molecular flexibility index (Phi) is 3.86. The Hall–Kier alpha value is -1.98. The van der Waals surface area contributed by atoms with Crippen LogP contribution in [-0.2, 0) is 4.79 Å². The molecule has 0 radical (unpaired) electrons. The standard InChI is InChI=1S/C12H15N3O3/c16-8-5-10-3-6-14(7-4-10)12-2-1-11(9-13-12)15(17)18/h1-2,8-10H,3-7H2. The first-order valence-electron chi connectivity index (χ1n) is 5.99. The maximum absolute atomic E-state index is 10.5. The van der Waals surface area contributed by atoms with Crippen molar-refractivity contribution in [1.82, 2.24) is 4.98 Å². The monoisotopic (exact) mass is 249 g/mol. The molecule has 0 spiro atoms. The van der Waals surface area contributed by atoms with Crippen molar-refractivity contribution in [1.29, 1.82) is 0 Å². The molecule has 1 aliphatic heterocycles. The summed E-state index contributed by atoms with van der Waals surface area (Å²) in [7, 11) is 0. The summed E-state index contributed by atoms with van der Waals surface area (Å²) in [6.45, 7) is 1.70. The molecule has 2 heterocycles. The van der Waals surface area contributed by atoms with E-state index in [9.17, 15) is 14.9 Å². The number of hydrogen-bond acceptors (Lipinski definition) is 5. The second-order valence-electron chi connectivity index (χ2n) is 4.46. The van der Waals surface area contributed by atoms with E-state index >= 15 is 0 Å². The molecule has 6 nitrogen and oxygen atoms in total. The molecule has 1 fully saturated rings. The zero-order chi connectivity index (χ0) is 13.0. The SMILES string of the molecule is O=CCC1CCN(c2ccc([N+](=O)[O-])cn2)CC1. The fourth-order valence-corrected chi connectivity index (χ4v) is 2.21. The summed E-state index contributed by atoms with van der Waals surface area (Å²) < 4.78 is 0. The summed E-state index contributed by atoms with van der Waals surface area (Å²) in [5.74, 6) is 1.24. The Balaban J connectivity index is 1.97. The summed E-state index contributed by atoms with van der Waals surface area (Å²) in [5, 5.41) is 10.5. The van der Waals surface area contributed by atoms with Crippen LogP contribution in [0, 0.1) is 16.0 Å². The minimum Gasteiger partial charge on any atom is -0.357 e. The summed E-state index contributed by atoms with van der Waals surface area (Å²) in [5.41, 5.74) is 0.00888. The fourth-order valence-electron chi connectivity index (χ4n) is 2.21. The first kappa shape index (κ1) is 12.5. The van der Waals surface area contributed by atoms with Crippen LogP contribution in [0.4, 0.5) is 11.5 Å². The molecular formula is C12H15N3O3. The third kappa shape index (κ3) is 2.82. The number of hydrogen-bond donors (Lipinski definition) is 0. The normalized spacial score (nSPS) is 16.6. The predicted octanol–water partition coefficient (Wildman–Crippen LogP) is 1.80. The third-order valence-electron chi connectivity index (χ3n) is 3.31. The number of nitrogens with zero attached hydrogens (tertiary/aromatic N) is 3. The average molecular weight is 249 g/mol. The van der Waals surface area contributed by atoms with Crippen LogP contribution in [-0.4, -0.2) is 29.3 Å². The van der Waals surface area contributed by atoms with Gasteiger partial charge in [-0.05, 0) is 24.8 Å². The molecule has 0 saturated carbocycles. The van der Waals surface area contributed by atoms with Gasteiger partial charge in [-0.3, -0.25) is 10.1 Å². The minimum atomic E-state index is -0.451. The van der Waals surface area contributed by atoms with Gasteiger partial charge in [-0.1, -0.05) is 0 Å². The zero-order valence-corrected chi connectivity index (χ0v) is 9.99. The van der Waals surface area contributed by atoms with E-state index in [1.165, 1.54) is 12.3 Å². The van der Waals surface area contributed by atoms with Gasteiger partial charge in [-0.25, -0.2) is 4.98 Å². The van der Waals surface area contributed by atoms with Crippen LogP contribution in [0.15, 0.2) is 18.3 Å². The van der Waals surface area contributed by atoms with Gasteiger partial charge in [-0.2, -0.15) is 0 Å². The average Bonchev–Trinajstić information content (AvgIpc) is 2.40. The molecule has 1 aromatic heterocycles. The first-order valence-corrected chi connectivity index (χ1v) is 5.99. The van der Waals surface area contributed by atoms with Gasteiger partial charge in [0, 0.05) is 25.6 Å². The lowest BCUT2D eigenvalue weighted by molar-refractivity contribution is -0.385. The molecule has 96 valence electrons. The van der Waals surface area contributed by atoms with Gasteiger partial charge in [0.25, 0.3) is 5.69 Å². The van der Waals surface area contributed by atoms with Gasteiger partial charge >= 0.3 is 0 Å². The van der Waals surface area contributed by atoms with E-state index in [1.54, 1.807) is 6.07 Å². The van der Waals surface area contributed by atoms with Gasteiger partial charge in [0.1, 0.15) is 18.3 Å². The third-order valence-corrected chi connectivity index (χ3v) is 3.31. The summed E-state index contributed by atoms with van der Waals surface area (Å²) in [6.07, 6.45) is 4.83. The van der Waals surface area contributed by atoms with Crippen LogP contribution in [0.2, 0.25) is 0 Å². The number of aromatic nitrogens is 1. The van der Waals surface area contributed by atoms with E-state index in [0.717, 1.165) is 38.0 Å². The van der Waals surface area contributed by atoms with Gasteiger partial charge < -0.3 is 9.69 Å². The van der Waals surface area contributed by atoms with Crippen LogP contribution < -0.4 is 4.90 Å². The van der Waals surface area contributed by atoms with Crippen LogP contribution in [0.1, 0.15) is 19.3 Å². The number of anilines is 1. The first-order chi connectivity index (χ1) is 8.70. The second kappa shape index (κ2) is 5.57. The number of nitro groups is 1. The Morgan fingerprint density at radius 1 is 1.44 bits per heavy atom. The Morgan fingerprint density at radius 2 is 2.17 bits per heavy atom. The van der Waals surface area contributed by atoms with Crippen molar-refractivity contribution in [3.8, 4) is 0 Å². The van der Waals surface area contributed by atoms with Crippen molar-refractivity contribution >= 4 is 17.8 Å². The van der Waals surface area contributed by atoms with Crippen LogP contribution in [0.5, 0.6) is 0 Å². The number of carbonyl (C=O) groups excluding carboxylic acids is 1. The van der Waals surface area contributed by atoms with E-state index in [-0.39, 0.29) is 5.69 Å². The summed E-state index contributed by atoms with van der Waals surface area (Å²) in [6, 6.07) is 3.15. The maximum Gasteiger partial charge on any atom is 0.287 e. The summed E-state index contributed by atoms with van der Waals surface area (Å²) in [4.78, 5) is 26.7. The highest BCUT2D eigenvalue weighted by atomic mass is 16.6. The predicted molar refractivity (Wildman–Crippen MR) is 66.5 cm³/mol. The van der Waals surface area contributed by atoms with Gasteiger partial charge in [0.2, 0.25) is 0 Å². The van der Waals surface area contributed by atoms with E-state index in [2.05, 4.69) is 9.88 Å². The smallest absolute Gasteiger partial charge is 0.287 e. The van der Waals surface area contributed by atoms with Crippen molar-refractivity contribution in [2.24, 2.45) is 5.92 Å². The largest absolute Gasteiger partial charge is 0.357 e. The maximum atomic E-state index is 10.5. The van der Waals surface area contributed by atoms with Crippen LogP contribution in [0.25, 0.3) is 0 Å². The molecule has 0 bridgehead atoms. The van der Waals surface area contributed by atoms with Gasteiger partial charge in [-0.15, -0.1) is 0 Å². The molecule has 0 atom stereocenters. The van der Waals surface area contributed by atoms with Crippen LogP contribution in [0.3, 0.4) is 0 Å². The number of pyridine rings is 1. The van der Waals surface area contributed by atoms with Crippen molar-refractivity contribution in [2.45, 2.75) is 19.3 Å². The fraction of sp³-hybridized carbons (Fsp3) is 0.500. The molecule has 1 aromatic rings. The molecule has 0 amide bonds. The quantitative estimate of drug-likeness (QED) is 0.462. The van der Waals surface area contributed by atoms with Crippen molar-refractivity contribution in [3.05, 3.63) is 28.4 Å². The Bertz CT molecular complexity index is 425. The second-order valence-corrected chi connectivity index (χ2v) is 4.46. The highest BCUT2D eigenvalue weighted by molar-refractivity contribution is 5.50. The topological polar surface area (TPSA) is 76.3 Å². The van der Waals surface area contributed by atoms with E-state index in [4.69, 9.17) is 0 Å². The van der Waals surface area contributed by atoms with Crippen molar-refractivity contribution < 1.29 is 9.72 Å². The van der Waals surface area contributed by atoms with Gasteiger partial charge in [0.05, 0.1) is 4.92 Å². The highest BCUT2D eigenvalue weighted by Gasteiger charge is 2.20. The van der Waals surface area contributed by atoms with Crippen LogP contribution >= 0.6 is 0 Å². The van der Waals surface area contributed by atoms with E-state index in [1.807, 2.05) is 0 Å². The number of aldehydes is 1. The molecule has 0 aromatic carbocycles. The molecule has 1 saturated heterocycles. The van der Waals surface area contributed by atoms with E-state index < -0.39 is 4.92 Å². The number of carbonyl (C=O) groups is 1. The molecule has 0 N–H and O–H groups in total. The highest BCUT2D eigenvalue weighted by Crippen LogP contribution is 2.24. The zero-order valence-electron chi connectivity index (χ0n) is 9.99. The lowest BCUT2D eigenvalue weighted by Gasteiger charge is -2.31. The van der Waals surface area contributed by atoms with Gasteiger partial charge in [0.15, 0.2) is 0 Å². The van der Waals surface area contributed by atoms with E-state index in [0.29, 0.717) is 12.3 Å². The molecule has 6 heteroatoms. The lowest BCUT2D eigenvalue weighted by Crippen LogP contribution is -2.34. The Labute approximate surface area is 105 Å². The summed E-state index contributed by atoms with van der Waals surface area (Å²) >= 11 is 0. The van der Waals surface area contributed by atoms with Crippen molar-refractivity contribution in [2.75, 3.05) is 18.0 Å². The number of rotatable bonds is 4.